The Morgan fingerprint density at radius 3 is 3.24 bits per heavy atom. The number of nitrogens with one attached hydrogen (secondary N) is 1. The average molecular weight is 306 g/mol. The maximum atomic E-state index is 11.8. The van der Waals surface area contributed by atoms with Crippen molar-refractivity contribution in [3.8, 4) is 11.8 Å². The van der Waals surface area contributed by atoms with E-state index >= 15 is 0 Å². The summed E-state index contributed by atoms with van der Waals surface area (Å²) in [5, 5.41) is 13.6. The molecule has 1 fully saturated rings. The first kappa shape index (κ1) is 16.0. The first-order chi connectivity index (χ1) is 10.2. The van der Waals surface area contributed by atoms with E-state index in [1.807, 2.05) is 6.07 Å². The molecule has 0 aromatic carbocycles. The molecule has 21 heavy (non-hydrogen) atoms. The quantitative estimate of drug-likeness (QED) is 0.828. The molecule has 5 heteroatoms. The van der Waals surface area contributed by atoms with Crippen LogP contribution < -0.4 is 5.32 Å². The minimum absolute atomic E-state index is 0.104. The van der Waals surface area contributed by atoms with Gasteiger partial charge in [0.15, 0.2) is 0 Å². The van der Waals surface area contributed by atoms with E-state index in [0.29, 0.717) is 6.42 Å². The number of thiophene rings is 1. The van der Waals surface area contributed by atoms with Gasteiger partial charge in [0.2, 0.25) is 5.91 Å². The topological polar surface area (TPSA) is 52.6 Å². The summed E-state index contributed by atoms with van der Waals surface area (Å²) >= 11 is 1.71. The van der Waals surface area contributed by atoms with Gasteiger partial charge in [-0.2, -0.15) is 0 Å². The maximum Gasteiger partial charge on any atom is 0.224 e. The standard InChI is InChI=1S/C16H22N2O2S/c1-17-16(20)14-6-4-8-18(11-14)12-15-13(7-10-21-15)5-2-3-9-19/h7,10,14,19H,3-4,6,8-9,11-12H2,1H3,(H,17,20). The fraction of sp³-hybridized carbons (Fsp3) is 0.562. The number of amides is 1. The molecule has 1 saturated heterocycles. The van der Waals surface area contributed by atoms with Crippen LogP contribution in [-0.4, -0.2) is 42.7 Å². The van der Waals surface area contributed by atoms with Gasteiger partial charge in [-0.1, -0.05) is 11.8 Å². The summed E-state index contributed by atoms with van der Waals surface area (Å²) in [6.45, 7) is 2.82. The summed E-state index contributed by atoms with van der Waals surface area (Å²) in [4.78, 5) is 15.4. The smallest absolute Gasteiger partial charge is 0.224 e. The average Bonchev–Trinajstić information content (AvgIpc) is 2.94. The van der Waals surface area contributed by atoms with Gasteiger partial charge in [-0.05, 0) is 30.8 Å². The van der Waals surface area contributed by atoms with Gasteiger partial charge in [0.05, 0.1) is 12.5 Å². The van der Waals surface area contributed by atoms with Gasteiger partial charge in [0.25, 0.3) is 0 Å². The van der Waals surface area contributed by atoms with Crippen molar-refractivity contribution >= 4 is 17.2 Å². The van der Waals surface area contributed by atoms with Crippen molar-refractivity contribution in [1.29, 1.82) is 0 Å². The highest BCUT2D eigenvalue weighted by Crippen LogP contribution is 2.23. The zero-order chi connectivity index (χ0) is 15.1. The molecule has 2 N–H and O–H groups in total. The first-order valence-electron chi connectivity index (χ1n) is 7.34. The number of aliphatic hydroxyl groups excluding tert-OH is 1. The van der Waals surface area contributed by atoms with Gasteiger partial charge in [-0.15, -0.1) is 11.3 Å². The number of carbonyl (C=O) groups excluding carboxylic acids is 1. The predicted octanol–water partition coefficient (Wildman–Crippen LogP) is 1.44. The number of rotatable bonds is 4. The van der Waals surface area contributed by atoms with Crippen LogP contribution >= 0.6 is 11.3 Å². The van der Waals surface area contributed by atoms with Crippen molar-refractivity contribution in [2.24, 2.45) is 5.92 Å². The largest absolute Gasteiger partial charge is 0.395 e. The van der Waals surface area contributed by atoms with Crippen LogP contribution in [0, 0.1) is 17.8 Å². The number of piperidine rings is 1. The SMILES string of the molecule is CNC(=O)C1CCCN(Cc2sccc2C#CCCO)C1. The highest BCUT2D eigenvalue weighted by Gasteiger charge is 2.25. The van der Waals surface area contributed by atoms with Gasteiger partial charge < -0.3 is 10.4 Å². The summed E-state index contributed by atoms with van der Waals surface area (Å²) in [5.41, 5.74) is 1.05. The number of hydrogen-bond acceptors (Lipinski definition) is 4. The minimum Gasteiger partial charge on any atom is -0.395 e. The van der Waals surface area contributed by atoms with E-state index < -0.39 is 0 Å². The van der Waals surface area contributed by atoms with Crippen LogP contribution in [0.25, 0.3) is 0 Å². The molecule has 0 bridgehead atoms. The predicted molar refractivity (Wildman–Crippen MR) is 85.0 cm³/mol. The van der Waals surface area contributed by atoms with Crippen molar-refractivity contribution in [2.45, 2.75) is 25.8 Å². The van der Waals surface area contributed by atoms with Crippen molar-refractivity contribution in [3.63, 3.8) is 0 Å². The molecule has 114 valence electrons. The van der Waals surface area contributed by atoms with E-state index in [0.717, 1.165) is 38.0 Å². The molecule has 2 rings (SSSR count). The zero-order valence-electron chi connectivity index (χ0n) is 12.4. The van der Waals surface area contributed by atoms with E-state index in [4.69, 9.17) is 5.11 Å². The molecule has 0 saturated carbocycles. The van der Waals surface area contributed by atoms with E-state index in [-0.39, 0.29) is 18.4 Å². The molecular weight excluding hydrogens is 284 g/mol. The van der Waals surface area contributed by atoms with Crippen LogP contribution in [0.1, 0.15) is 29.7 Å². The second-order valence-corrected chi connectivity index (χ2v) is 6.22. The van der Waals surface area contributed by atoms with Gasteiger partial charge in [-0.3, -0.25) is 9.69 Å². The Kier molecular flexibility index (Phi) is 6.24. The molecule has 1 aliphatic heterocycles. The van der Waals surface area contributed by atoms with Crippen LogP contribution in [0.15, 0.2) is 11.4 Å². The molecule has 0 aliphatic carbocycles. The highest BCUT2D eigenvalue weighted by molar-refractivity contribution is 7.10. The van der Waals surface area contributed by atoms with Crippen LogP contribution in [0.3, 0.4) is 0 Å². The summed E-state index contributed by atoms with van der Waals surface area (Å²) in [6.07, 6.45) is 2.55. The minimum atomic E-state index is 0.104. The lowest BCUT2D eigenvalue weighted by molar-refractivity contribution is -0.126. The number of likely N-dealkylation sites (tertiary alicyclic amines) is 1. The summed E-state index contributed by atoms with van der Waals surface area (Å²) in [5.74, 6) is 6.35. The molecule has 0 radical (unpaired) electrons. The molecule has 0 spiro atoms. The third-order valence-electron chi connectivity index (χ3n) is 3.70. The summed E-state index contributed by atoms with van der Waals surface area (Å²) < 4.78 is 0. The zero-order valence-corrected chi connectivity index (χ0v) is 13.2. The lowest BCUT2D eigenvalue weighted by Gasteiger charge is -2.31. The van der Waals surface area contributed by atoms with Crippen LogP contribution in [0.4, 0.5) is 0 Å². The van der Waals surface area contributed by atoms with Crippen molar-refractivity contribution in [2.75, 3.05) is 26.7 Å². The van der Waals surface area contributed by atoms with Gasteiger partial charge in [0, 0.05) is 37.0 Å². The van der Waals surface area contributed by atoms with Crippen LogP contribution in [-0.2, 0) is 11.3 Å². The molecule has 1 aliphatic rings. The summed E-state index contributed by atoms with van der Waals surface area (Å²) in [7, 11) is 1.70. The molecule has 2 heterocycles. The Morgan fingerprint density at radius 1 is 1.62 bits per heavy atom. The number of carbonyl (C=O) groups is 1. The van der Waals surface area contributed by atoms with Crippen molar-refractivity contribution < 1.29 is 9.90 Å². The Balaban J connectivity index is 1.97. The third kappa shape index (κ3) is 4.57. The molecule has 1 aromatic rings. The van der Waals surface area contributed by atoms with Gasteiger partial charge in [-0.25, -0.2) is 0 Å². The number of aliphatic hydroxyl groups is 1. The van der Waals surface area contributed by atoms with Gasteiger partial charge >= 0.3 is 0 Å². The molecule has 1 aromatic heterocycles. The monoisotopic (exact) mass is 306 g/mol. The second kappa shape index (κ2) is 8.18. The van der Waals surface area contributed by atoms with E-state index in [2.05, 4.69) is 27.4 Å². The number of hydrogen-bond donors (Lipinski definition) is 2. The second-order valence-electron chi connectivity index (χ2n) is 5.22. The summed E-state index contributed by atoms with van der Waals surface area (Å²) in [6, 6.07) is 2.03. The Bertz CT molecular complexity index is 530. The van der Waals surface area contributed by atoms with Crippen LogP contribution in [0.2, 0.25) is 0 Å². The molecule has 4 nitrogen and oxygen atoms in total. The van der Waals surface area contributed by atoms with E-state index in [1.165, 1.54) is 4.88 Å². The maximum absolute atomic E-state index is 11.8. The number of nitrogens with zero attached hydrogens (tertiary/aromatic N) is 1. The van der Waals surface area contributed by atoms with Crippen LogP contribution in [0.5, 0.6) is 0 Å². The molecule has 1 amide bonds. The third-order valence-corrected chi connectivity index (χ3v) is 4.60. The van der Waals surface area contributed by atoms with Crippen molar-refractivity contribution in [3.05, 3.63) is 21.9 Å². The Labute approximate surface area is 130 Å². The Morgan fingerprint density at radius 2 is 2.48 bits per heavy atom. The highest BCUT2D eigenvalue weighted by atomic mass is 32.1. The lowest BCUT2D eigenvalue weighted by atomic mass is 9.97. The van der Waals surface area contributed by atoms with E-state index in [9.17, 15) is 4.79 Å². The fourth-order valence-corrected chi connectivity index (χ4v) is 3.48. The van der Waals surface area contributed by atoms with Crippen molar-refractivity contribution in [1.82, 2.24) is 10.2 Å². The molecular formula is C16H22N2O2S. The first-order valence-corrected chi connectivity index (χ1v) is 8.22. The molecule has 1 unspecified atom stereocenters. The lowest BCUT2D eigenvalue weighted by Crippen LogP contribution is -2.41. The fourth-order valence-electron chi connectivity index (χ4n) is 2.61. The molecule has 1 atom stereocenters. The van der Waals surface area contributed by atoms with Gasteiger partial charge in [0.1, 0.15) is 0 Å². The van der Waals surface area contributed by atoms with E-state index in [1.54, 1.807) is 18.4 Å². The normalized spacial score (nSPS) is 18.9. The Hall–Kier alpha value is -1.35.